The lowest BCUT2D eigenvalue weighted by Crippen LogP contribution is -2.01. The summed E-state index contributed by atoms with van der Waals surface area (Å²) in [5, 5.41) is 0. The summed E-state index contributed by atoms with van der Waals surface area (Å²) in [4.78, 5) is 11.7. The second kappa shape index (κ2) is 3.73. The Balaban J connectivity index is 2.27. The third kappa shape index (κ3) is 1.82. The van der Waals surface area contributed by atoms with E-state index in [0.29, 0.717) is 0 Å². The number of halogens is 1. The number of benzene rings is 1. The van der Waals surface area contributed by atoms with Crippen molar-refractivity contribution in [1.82, 2.24) is 0 Å². The molecule has 0 atom stereocenters. The topological polar surface area (TPSA) is 26.3 Å². The molecule has 1 aliphatic rings. The molecule has 0 aliphatic heterocycles. The first-order chi connectivity index (χ1) is 6.72. The van der Waals surface area contributed by atoms with E-state index < -0.39 is 0 Å². The fourth-order valence-corrected chi connectivity index (χ4v) is 1.94. The van der Waals surface area contributed by atoms with Crippen molar-refractivity contribution in [2.24, 2.45) is 5.92 Å². The molecular weight excluding hydrogens is 244 g/mol. The molecule has 0 heterocycles. The number of rotatable bonds is 3. The highest BCUT2D eigenvalue weighted by Crippen LogP contribution is 2.34. The minimum atomic E-state index is 0.258. The van der Waals surface area contributed by atoms with Crippen molar-refractivity contribution < 1.29 is 9.53 Å². The van der Waals surface area contributed by atoms with Gasteiger partial charge in [-0.3, -0.25) is 4.79 Å². The van der Waals surface area contributed by atoms with Crippen LogP contribution in [0.4, 0.5) is 0 Å². The largest absolute Gasteiger partial charge is 0.496 e. The molecule has 0 aromatic heterocycles. The van der Waals surface area contributed by atoms with Crippen molar-refractivity contribution in [2.45, 2.75) is 12.8 Å². The summed E-state index contributed by atoms with van der Waals surface area (Å²) >= 11 is 3.37. The van der Waals surface area contributed by atoms with Gasteiger partial charge in [0.1, 0.15) is 5.75 Å². The van der Waals surface area contributed by atoms with Crippen molar-refractivity contribution in [3.63, 3.8) is 0 Å². The van der Waals surface area contributed by atoms with Crippen molar-refractivity contribution in [1.29, 1.82) is 0 Å². The van der Waals surface area contributed by atoms with Crippen LogP contribution < -0.4 is 4.74 Å². The summed E-state index contributed by atoms with van der Waals surface area (Å²) in [6.45, 7) is 0. The van der Waals surface area contributed by atoms with E-state index in [0.717, 1.165) is 28.6 Å². The summed E-state index contributed by atoms with van der Waals surface area (Å²) in [5.41, 5.74) is 0.778. The molecule has 2 nitrogen and oxygen atoms in total. The summed E-state index contributed by atoms with van der Waals surface area (Å²) in [5.74, 6) is 1.29. The maximum Gasteiger partial charge on any atom is 0.165 e. The third-order valence-corrected chi connectivity index (χ3v) is 3.00. The molecule has 1 aromatic carbocycles. The molecule has 1 saturated carbocycles. The maximum atomic E-state index is 11.7. The van der Waals surface area contributed by atoms with Crippen LogP contribution in [-0.4, -0.2) is 12.9 Å². The molecule has 1 fully saturated rings. The number of ketones is 1. The van der Waals surface area contributed by atoms with Gasteiger partial charge in [0, 0.05) is 11.5 Å². The molecule has 1 aliphatic carbocycles. The van der Waals surface area contributed by atoms with Crippen LogP contribution in [0.2, 0.25) is 0 Å². The van der Waals surface area contributed by atoms with Crippen LogP contribution in [-0.2, 0) is 0 Å². The van der Waals surface area contributed by atoms with E-state index in [4.69, 9.17) is 4.74 Å². The zero-order valence-electron chi connectivity index (χ0n) is 7.92. The average molecular weight is 255 g/mol. The van der Waals surface area contributed by atoms with E-state index in [1.165, 1.54) is 0 Å². The molecule has 2 rings (SSSR count). The Morgan fingerprint density at radius 3 is 2.71 bits per heavy atom. The van der Waals surface area contributed by atoms with Crippen LogP contribution in [0, 0.1) is 5.92 Å². The Kier molecular flexibility index (Phi) is 2.59. The van der Waals surface area contributed by atoms with Crippen molar-refractivity contribution in [2.75, 3.05) is 7.11 Å². The van der Waals surface area contributed by atoms with E-state index in [-0.39, 0.29) is 11.7 Å². The molecule has 0 saturated heterocycles. The summed E-state index contributed by atoms with van der Waals surface area (Å²) in [6.07, 6.45) is 2.09. The lowest BCUT2D eigenvalue weighted by Gasteiger charge is -2.04. The van der Waals surface area contributed by atoms with E-state index in [2.05, 4.69) is 15.9 Å². The van der Waals surface area contributed by atoms with Gasteiger partial charge in [0.15, 0.2) is 5.78 Å². The zero-order chi connectivity index (χ0) is 10.1. The highest BCUT2D eigenvalue weighted by Gasteiger charge is 2.30. The molecule has 0 amide bonds. The molecular formula is C11H11BrO2. The van der Waals surface area contributed by atoms with Crippen LogP contribution in [0.15, 0.2) is 22.7 Å². The molecule has 14 heavy (non-hydrogen) atoms. The number of hydrogen-bond donors (Lipinski definition) is 0. The smallest absolute Gasteiger partial charge is 0.165 e. The van der Waals surface area contributed by atoms with Gasteiger partial charge in [-0.1, -0.05) is 0 Å². The van der Waals surface area contributed by atoms with Crippen molar-refractivity contribution in [3.8, 4) is 5.75 Å². The SMILES string of the molecule is COc1ccc(C(=O)C2CC2)cc1Br. The Hall–Kier alpha value is -0.830. The van der Waals surface area contributed by atoms with Gasteiger partial charge in [-0.2, -0.15) is 0 Å². The number of ether oxygens (including phenoxy) is 1. The average Bonchev–Trinajstić information content (AvgIpc) is 3.00. The summed E-state index contributed by atoms with van der Waals surface area (Å²) < 4.78 is 5.94. The first kappa shape index (κ1) is 9.71. The van der Waals surface area contributed by atoms with Gasteiger partial charge < -0.3 is 4.74 Å². The van der Waals surface area contributed by atoms with Gasteiger partial charge in [0.2, 0.25) is 0 Å². The predicted molar refractivity (Wildman–Crippen MR) is 57.7 cm³/mol. The summed E-state index contributed by atoms with van der Waals surface area (Å²) in [6, 6.07) is 5.48. The van der Waals surface area contributed by atoms with Gasteiger partial charge >= 0.3 is 0 Å². The molecule has 3 heteroatoms. The van der Waals surface area contributed by atoms with Crippen LogP contribution in [0.25, 0.3) is 0 Å². The van der Waals surface area contributed by atoms with Gasteiger partial charge in [0.25, 0.3) is 0 Å². The fourth-order valence-electron chi connectivity index (χ4n) is 1.40. The molecule has 0 spiro atoms. The molecule has 74 valence electrons. The van der Waals surface area contributed by atoms with Gasteiger partial charge in [0.05, 0.1) is 11.6 Å². The standard InChI is InChI=1S/C11H11BrO2/c1-14-10-5-4-8(6-9(10)12)11(13)7-2-3-7/h4-7H,2-3H2,1H3. The second-order valence-electron chi connectivity index (χ2n) is 3.49. The van der Waals surface area contributed by atoms with Gasteiger partial charge in [-0.05, 0) is 47.0 Å². The zero-order valence-corrected chi connectivity index (χ0v) is 9.50. The third-order valence-electron chi connectivity index (χ3n) is 2.38. The maximum absolute atomic E-state index is 11.7. The molecule has 0 radical (unpaired) electrons. The molecule has 0 bridgehead atoms. The number of Topliss-reactive ketones (excluding diaryl/α,β-unsaturated/α-hetero) is 1. The lowest BCUT2D eigenvalue weighted by atomic mass is 10.1. The Morgan fingerprint density at radius 2 is 2.21 bits per heavy atom. The number of hydrogen-bond acceptors (Lipinski definition) is 2. The highest BCUT2D eigenvalue weighted by molar-refractivity contribution is 9.10. The van der Waals surface area contributed by atoms with Gasteiger partial charge in [-0.25, -0.2) is 0 Å². The molecule has 1 aromatic rings. The Bertz CT molecular complexity index is 370. The highest BCUT2D eigenvalue weighted by atomic mass is 79.9. The first-order valence-electron chi connectivity index (χ1n) is 4.60. The second-order valence-corrected chi connectivity index (χ2v) is 4.34. The number of carbonyl (C=O) groups excluding carboxylic acids is 1. The number of methoxy groups -OCH3 is 1. The van der Waals surface area contributed by atoms with Crippen molar-refractivity contribution >= 4 is 21.7 Å². The Labute approximate surface area is 91.4 Å². The van der Waals surface area contributed by atoms with E-state index in [9.17, 15) is 4.79 Å². The van der Waals surface area contributed by atoms with Crippen LogP contribution >= 0.6 is 15.9 Å². The van der Waals surface area contributed by atoms with E-state index in [1.807, 2.05) is 18.2 Å². The minimum absolute atomic E-state index is 0.258. The van der Waals surface area contributed by atoms with Crippen LogP contribution in [0.5, 0.6) is 5.75 Å². The summed E-state index contributed by atoms with van der Waals surface area (Å²) in [7, 11) is 1.61. The van der Waals surface area contributed by atoms with Gasteiger partial charge in [-0.15, -0.1) is 0 Å². The quantitative estimate of drug-likeness (QED) is 0.776. The fraction of sp³-hybridized carbons (Fsp3) is 0.364. The van der Waals surface area contributed by atoms with Crippen LogP contribution in [0.3, 0.4) is 0 Å². The van der Waals surface area contributed by atoms with E-state index in [1.54, 1.807) is 7.11 Å². The monoisotopic (exact) mass is 254 g/mol. The normalized spacial score (nSPS) is 15.3. The van der Waals surface area contributed by atoms with E-state index >= 15 is 0 Å². The Morgan fingerprint density at radius 1 is 1.50 bits per heavy atom. The lowest BCUT2D eigenvalue weighted by molar-refractivity contribution is 0.0967. The molecule has 0 unspecified atom stereocenters. The number of carbonyl (C=O) groups is 1. The first-order valence-corrected chi connectivity index (χ1v) is 5.39. The van der Waals surface area contributed by atoms with Crippen LogP contribution in [0.1, 0.15) is 23.2 Å². The predicted octanol–water partition coefficient (Wildman–Crippen LogP) is 3.05. The van der Waals surface area contributed by atoms with Crippen molar-refractivity contribution in [3.05, 3.63) is 28.2 Å². The molecule has 0 N–H and O–H groups in total. The minimum Gasteiger partial charge on any atom is -0.496 e.